The summed E-state index contributed by atoms with van der Waals surface area (Å²) < 4.78 is 0. The summed E-state index contributed by atoms with van der Waals surface area (Å²) in [5.41, 5.74) is 6.12. The van der Waals surface area contributed by atoms with E-state index >= 15 is 0 Å². The predicted molar refractivity (Wildman–Crippen MR) is 100 cm³/mol. The highest BCUT2D eigenvalue weighted by Gasteiger charge is 2.10. The average Bonchev–Trinajstić information content (AvgIpc) is 2.67. The molecule has 4 aromatic rings. The Bertz CT molecular complexity index is 1250. The number of allylic oxidation sites excluding steroid dienone is 2. The maximum absolute atomic E-state index is 9.09. The van der Waals surface area contributed by atoms with Gasteiger partial charge in [-0.05, 0) is 32.3 Å². The average molecular weight is 320 g/mol. The Morgan fingerprint density at radius 1 is 0.840 bits per heavy atom. The van der Waals surface area contributed by atoms with E-state index in [0.717, 1.165) is 16.3 Å². The molecule has 0 spiro atoms. The molecule has 4 aromatic carbocycles. The van der Waals surface area contributed by atoms with Crippen LogP contribution in [0, 0.1) is 22.7 Å². The number of nitrogens with zero attached hydrogens (tertiary/aromatic N) is 3. The van der Waals surface area contributed by atoms with Gasteiger partial charge in [0.25, 0.3) is 0 Å². The van der Waals surface area contributed by atoms with Crippen LogP contribution in [0.2, 0.25) is 0 Å². The van der Waals surface area contributed by atoms with Gasteiger partial charge in [0.15, 0.2) is 5.70 Å². The number of hydrogen-bond acceptors (Lipinski definition) is 4. The third-order valence-corrected chi connectivity index (χ3v) is 4.38. The smallest absolute Gasteiger partial charge is 0.174 e. The molecule has 0 heterocycles. The van der Waals surface area contributed by atoms with Crippen molar-refractivity contribution in [2.75, 3.05) is 0 Å². The van der Waals surface area contributed by atoms with E-state index in [0.29, 0.717) is 0 Å². The van der Waals surface area contributed by atoms with Gasteiger partial charge < -0.3 is 5.73 Å². The Kier molecular flexibility index (Phi) is 3.31. The molecule has 0 aliphatic rings. The molecule has 0 atom stereocenters. The minimum absolute atomic E-state index is 0.0757. The third kappa shape index (κ3) is 2.25. The van der Waals surface area contributed by atoms with Crippen molar-refractivity contribution >= 4 is 38.5 Å². The van der Waals surface area contributed by atoms with Crippen molar-refractivity contribution < 1.29 is 0 Å². The van der Waals surface area contributed by atoms with Gasteiger partial charge in [0.1, 0.15) is 17.8 Å². The largest absolute Gasteiger partial charge is 0.388 e. The molecular weight excluding hydrogens is 308 g/mol. The van der Waals surface area contributed by atoms with Crippen LogP contribution in [0.25, 0.3) is 32.3 Å². The van der Waals surface area contributed by atoms with E-state index in [1.54, 1.807) is 12.3 Å². The van der Waals surface area contributed by atoms with Gasteiger partial charge in [-0.2, -0.15) is 10.5 Å². The van der Waals surface area contributed by atoms with Crippen LogP contribution in [0.4, 0.5) is 0 Å². The monoisotopic (exact) mass is 320 g/mol. The summed E-state index contributed by atoms with van der Waals surface area (Å²) in [5.74, 6) is 0. The Hall–Kier alpha value is -3.89. The van der Waals surface area contributed by atoms with E-state index in [2.05, 4.69) is 47.5 Å². The molecule has 0 bridgehead atoms. The molecule has 0 aliphatic heterocycles. The Morgan fingerprint density at radius 2 is 1.48 bits per heavy atom. The van der Waals surface area contributed by atoms with E-state index in [4.69, 9.17) is 16.3 Å². The van der Waals surface area contributed by atoms with Crippen LogP contribution in [0.5, 0.6) is 0 Å². The summed E-state index contributed by atoms with van der Waals surface area (Å²) in [6.07, 6.45) is 1.59. The summed E-state index contributed by atoms with van der Waals surface area (Å²) in [7, 11) is 0. The van der Waals surface area contributed by atoms with Crippen molar-refractivity contribution in [3.63, 3.8) is 0 Å². The number of hydrogen-bond donors (Lipinski definition) is 1. The normalized spacial score (nSPS) is 12.6. The zero-order valence-electron chi connectivity index (χ0n) is 13.2. The maximum Gasteiger partial charge on any atom is 0.174 e. The van der Waals surface area contributed by atoms with Gasteiger partial charge in [0.05, 0.1) is 0 Å². The number of nitrogens with two attached hydrogens (primary N) is 1. The highest BCUT2D eigenvalue weighted by atomic mass is 14.8. The number of nitriles is 2. The van der Waals surface area contributed by atoms with Gasteiger partial charge >= 0.3 is 0 Å². The fourth-order valence-electron chi connectivity index (χ4n) is 3.22. The first-order valence-electron chi connectivity index (χ1n) is 7.73. The molecule has 2 N–H and O–H groups in total. The van der Waals surface area contributed by atoms with Crippen molar-refractivity contribution in [3.8, 4) is 12.1 Å². The molecule has 0 unspecified atom stereocenters. The summed E-state index contributed by atoms with van der Waals surface area (Å²) in [4.78, 5) is 4.11. The second kappa shape index (κ2) is 5.63. The van der Waals surface area contributed by atoms with Crippen LogP contribution in [0.15, 0.2) is 71.0 Å². The first-order valence-corrected chi connectivity index (χ1v) is 7.73. The van der Waals surface area contributed by atoms with Gasteiger partial charge in [0, 0.05) is 11.8 Å². The SMILES string of the molecule is N#C/C(N)=C(\C#N)N=Cc1ccc2ccc3cccc4ccc1c2c34. The molecule has 0 radical (unpaired) electrons. The molecule has 0 saturated carbocycles. The number of aliphatic imine (C=N–C) groups is 1. The van der Waals surface area contributed by atoms with Crippen LogP contribution in [-0.4, -0.2) is 6.21 Å². The minimum atomic E-state index is -0.184. The van der Waals surface area contributed by atoms with E-state index in [-0.39, 0.29) is 11.4 Å². The van der Waals surface area contributed by atoms with Gasteiger partial charge in [-0.15, -0.1) is 0 Å². The van der Waals surface area contributed by atoms with Crippen LogP contribution in [0.3, 0.4) is 0 Å². The molecule has 0 amide bonds. The minimum Gasteiger partial charge on any atom is -0.388 e. The van der Waals surface area contributed by atoms with Crippen LogP contribution in [-0.2, 0) is 0 Å². The van der Waals surface area contributed by atoms with E-state index in [1.165, 1.54) is 21.5 Å². The van der Waals surface area contributed by atoms with Crippen LogP contribution in [0.1, 0.15) is 5.56 Å². The van der Waals surface area contributed by atoms with Gasteiger partial charge in [-0.1, -0.05) is 54.6 Å². The van der Waals surface area contributed by atoms with E-state index in [1.807, 2.05) is 18.2 Å². The standard InChI is InChI=1S/C21H12N4/c22-10-18(24)19(11-23)25-12-16-7-6-15-5-4-13-2-1-3-14-8-9-17(16)21(15)20(13)14/h1-9,12H,24H2/b19-18-,25-12?. The highest BCUT2D eigenvalue weighted by molar-refractivity contribution is 6.25. The van der Waals surface area contributed by atoms with Crippen molar-refractivity contribution in [1.29, 1.82) is 10.5 Å². The molecule has 0 aromatic heterocycles. The maximum atomic E-state index is 9.09. The Morgan fingerprint density at radius 3 is 2.16 bits per heavy atom. The summed E-state index contributed by atoms with van der Waals surface area (Å²) in [5, 5.41) is 24.9. The second-order valence-corrected chi connectivity index (χ2v) is 5.75. The first kappa shape index (κ1) is 14.7. The van der Waals surface area contributed by atoms with Crippen molar-refractivity contribution in [3.05, 3.63) is 71.6 Å². The molecular formula is C21H12N4. The Balaban J connectivity index is 2.01. The lowest BCUT2D eigenvalue weighted by Crippen LogP contribution is -1.98. The van der Waals surface area contributed by atoms with Crippen molar-refractivity contribution in [1.82, 2.24) is 0 Å². The molecule has 116 valence electrons. The zero-order valence-corrected chi connectivity index (χ0v) is 13.2. The predicted octanol–water partition coefficient (Wildman–Crippen LogP) is 4.22. The number of benzene rings is 4. The van der Waals surface area contributed by atoms with Gasteiger partial charge in [-0.25, -0.2) is 4.99 Å². The fourth-order valence-corrected chi connectivity index (χ4v) is 3.22. The topological polar surface area (TPSA) is 86.0 Å². The summed E-state index contributed by atoms with van der Waals surface area (Å²) in [6, 6.07) is 22.3. The highest BCUT2D eigenvalue weighted by Crippen LogP contribution is 2.35. The molecule has 0 fully saturated rings. The molecule has 0 saturated heterocycles. The number of rotatable bonds is 2. The van der Waals surface area contributed by atoms with Crippen molar-refractivity contribution in [2.24, 2.45) is 10.7 Å². The van der Waals surface area contributed by atoms with Crippen molar-refractivity contribution in [2.45, 2.75) is 0 Å². The molecule has 4 nitrogen and oxygen atoms in total. The van der Waals surface area contributed by atoms with Gasteiger partial charge in [-0.3, -0.25) is 0 Å². The first-order chi connectivity index (χ1) is 12.2. The lowest BCUT2D eigenvalue weighted by Gasteiger charge is -2.12. The zero-order chi connectivity index (χ0) is 17.4. The van der Waals surface area contributed by atoms with Gasteiger partial charge in [0.2, 0.25) is 0 Å². The lowest BCUT2D eigenvalue weighted by atomic mass is 9.92. The van der Waals surface area contributed by atoms with E-state index in [9.17, 15) is 0 Å². The second-order valence-electron chi connectivity index (χ2n) is 5.75. The molecule has 4 rings (SSSR count). The Labute approximate surface area is 144 Å². The fraction of sp³-hybridized carbons (Fsp3) is 0. The third-order valence-electron chi connectivity index (χ3n) is 4.38. The molecule has 25 heavy (non-hydrogen) atoms. The summed E-state index contributed by atoms with van der Waals surface area (Å²) in [6.45, 7) is 0. The molecule has 0 aliphatic carbocycles. The van der Waals surface area contributed by atoms with E-state index < -0.39 is 0 Å². The molecule has 4 heteroatoms. The van der Waals surface area contributed by atoms with Crippen LogP contribution < -0.4 is 5.73 Å². The lowest BCUT2D eigenvalue weighted by molar-refractivity contribution is 1.27. The summed E-state index contributed by atoms with van der Waals surface area (Å²) >= 11 is 0. The quantitative estimate of drug-likeness (QED) is 0.341. The van der Waals surface area contributed by atoms with Crippen LogP contribution >= 0.6 is 0 Å².